The molecule has 214 valence electrons. The number of fused-ring (bicyclic) bond motifs is 1. The monoisotopic (exact) mass is 545 g/mol. The summed E-state index contributed by atoms with van der Waals surface area (Å²) in [5.74, 6) is 1.27. The first-order valence-corrected chi connectivity index (χ1v) is 16.2. The highest BCUT2D eigenvalue weighted by Gasteiger charge is 2.24. The standard InChI is InChI=1S/C38H47N3/c1-24-20-26(3)36(32(22-24)29-12-6-7-13-29)39-28(5)34-19-18-31-16-10-11-17-35(38(31)40-34)41-37-27(4)21-25(2)23-33(37)30-14-8-9-15-30/h18-23,29-30H,6-17H2,1-5H3. The van der Waals surface area contributed by atoms with Crippen molar-refractivity contribution in [2.75, 3.05) is 0 Å². The van der Waals surface area contributed by atoms with E-state index in [0.717, 1.165) is 42.1 Å². The van der Waals surface area contributed by atoms with Gasteiger partial charge in [0.2, 0.25) is 0 Å². The van der Waals surface area contributed by atoms with Crippen LogP contribution in [0.25, 0.3) is 0 Å². The van der Waals surface area contributed by atoms with Gasteiger partial charge < -0.3 is 0 Å². The van der Waals surface area contributed by atoms with Crippen LogP contribution in [-0.2, 0) is 6.42 Å². The van der Waals surface area contributed by atoms with E-state index in [4.69, 9.17) is 15.0 Å². The van der Waals surface area contributed by atoms with Crippen molar-refractivity contribution in [2.24, 2.45) is 9.98 Å². The number of rotatable bonds is 5. The van der Waals surface area contributed by atoms with E-state index < -0.39 is 0 Å². The molecule has 0 spiro atoms. The minimum atomic E-state index is 0.630. The minimum absolute atomic E-state index is 0.630. The SMILES string of the molecule is CC(=Nc1c(C)cc(C)cc1C1CCCC1)c1ccc2c(n1)C(=Nc1c(C)cc(C)cc1C1CCCC1)CCCC2. The number of nitrogens with zero attached hydrogens (tertiary/aromatic N) is 3. The average Bonchev–Trinajstić information content (AvgIpc) is 3.64. The fourth-order valence-electron chi connectivity index (χ4n) is 7.72. The molecule has 3 aliphatic rings. The molecule has 3 heteroatoms. The summed E-state index contributed by atoms with van der Waals surface area (Å²) in [4.78, 5) is 16.1. The van der Waals surface area contributed by atoms with E-state index >= 15 is 0 Å². The molecule has 2 fully saturated rings. The van der Waals surface area contributed by atoms with Gasteiger partial charge in [0.1, 0.15) is 0 Å². The second-order valence-corrected chi connectivity index (χ2v) is 13.2. The van der Waals surface area contributed by atoms with E-state index in [0.29, 0.717) is 11.8 Å². The Kier molecular flexibility index (Phi) is 8.24. The van der Waals surface area contributed by atoms with Crippen molar-refractivity contribution < 1.29 is 0 Å². The van der Waals surface area contributed by atoms with Gasteiger partial charge >= 0.3 is 0 Å². The first-order valence-electron chi connectivity index (χ1n) is 16.2. The van der Waals surface area contributed by atoms with Crippen LogP contribution in [0.4, 0.5) is 11.4 Å². The Morgan fingerprint density at radius 2 is 1.24 bits per heavy atom. The first-order chi connectivity index (χ1) is 19.9. The maximum absolute atomic E-state index is 5.49. The fraction of sp³-hybridized carbons (Fsp3) is 0.500. The summed E-state index contributed by atoms with van der Waals surface area (Å²) in [5.41, 5.74) is 16.1. The van der Waals surface area contributed by atoms with Crippen LogP contribution >= 0.6 is 0 Å². The van der Waals surface area contributed by atoms with Gasteiger partial charge in [0.15, 0.2) is 0 Å². The predicted octanol–water partition coefficient (Wildman–Crippen LogP) is 10.6. The van der Waals surface area contributed by atoms with Crippen LogP contribution in [0.2, 0.25) is 0 Å². The maximum Gasteiger partial charge on any atom is 0.0884 e. The molecular weight excluding hydrogens is 498 g/mol. The predicted molar refractivity (Wildman–Crippen MR) is 174 cm³/mol. The highest BCUT2D eigenvalue weighted by atomic mass is 14.9. The molecule has 0 atom stereocenters. The largest absolute Gasteiger partial charge is 0.251 e. The third-order valence-corrected chi connectivity index (χ3v) is 9.80. The van der Waals surface area contributed by atoms with Crippen LogP contribution < -0.4 is 0 Å². The highest BCUT2D eigenvalue weighted by molar-refractivity contribution is 6.04. The zero-order valence-corrected chi connectivity index (χ0v) is 25.9. The van der Waals surface area contributed by atoms with Crippen molar-refractivity contribution in [2.45, 2.75) is 124 Å². The molecule has 0 saturated heterocycles. The number of aryl methyl sites for hydroxylation is 5. The van der Waals surface area contributed by atoms with E-state index in [1.54, 1.807) is 0 Å². The van der Waals surface area contributed by atoms with Crippen LogP contribution in [0.5, 0.6) is 0 Å². The van der Waals surface area contributed by atoms with Crippen molar-refractivity contribution in [3.8, 4) is 0 Å². The van der Waals surface area contributed by atoms with Crippen molar-refractivity contribution in [1.29, 1.82) is 0 Å². The third kappa shape index (κ3) is 5.96. The van der Waals surface area contributed by atoms with Crippen LogP contribution in [0.15, 0.2) is 46.4 Å². The second-order valence-electron chi connectivity index (χ2n) is 13.2. The van der Waals surface area contributed by atoms with Gasteiger partial charge in [0, 0.05) is 0 Å². The molecule has 41 heavy (non-hydrogen) atoms. The lowest BCUT2D eigenvalue weighted by molar-refractivity contribution is 0.722. The zero-order chi connectivity index (χ0) is 28.5. The number of hydrogen-bond donors (Lipinski definition) is 0. The van der Waals surface area contributed by atoms with Crippen LogP contribution in [0, 0.1) is 27.7 Å². The normalized spacial score (nSPS) is 19.6. The Hall–Kier alpha value is -3.07. The number of benzene rings is 2. The molecule has 6 rings (SSSR count). The van der Waals surface area contributed by atoms with Gasteiger partial charge in [-0.05, 0) is 132 Å². The van der Waals surface area contributed by atoms with Gasteiger partial charge in [-0.2, -0.15) is 0 Å². The van der Waals surface area contributed by atoms with E-state index in [-0.39, 0.29) is 0 Å². The fourth-order valence-corrected chi connectivity index (χ4v) is 7.72. The number of hydrogen-bond acceptors (Lipinski definition) is 3. The summed E-state index contributed by atoms with van der Waals surface area (Å²) in [7, 11) is 0. The molecule has 0 bridgehead atoms. The van der Waals surface area contributed by atoms with Gasteiger partial charge in [-0.15, -0.1) is 0 Å². The van der Waals surface area contributed by atoms with Crippen molar-refractivity contribution in [3.05, 3.63) is 86.7 Å². The molecule has 0 aliphatic heterocycles. The van der Waals surface area contributed by atoms with Gasteiger partial charge in [-0.3, -0.25) is 9.98 Å². The van der Waals surface area contributed by atoms with Crippen molar-refractivity contribution in [3.63, 3.8) is 0 Å². The summed E-state index contributed by atoms with van der Waals surface area (Å²) in [6, 6.07) is 13.9. The molecule has 3 aliphatic carbocycles. The Morgan fingerprint density at radius 1 is 0.683 bits per heavy atom. The quantitative estimate of drug-likeness (QED) is 0.232. The summed E-state index contributed by atoms with van der Waals surface area (Å²) in [6.07, 6.45) is 14.9. The number of aliphatic imine (C=N–C) groups is 2. The average molecular weight is 546 g/mol. The van der Waals surface area contributed by atoms with Crippen LogP contribution in [0.1, 0.15) is 140 Å². The topological polar surface area (TPSA) is 37.6 Å². The van der Waals surface area contributed by atoms with E-state index in [1.807, 2.05) is 0 Å². The molecule has 0 unspecified atom stereocenters. The molecule has 1 aromatic heterocycles. The Balaban J connectivity index is 1.42. The minimum Gasteiger partial charge on any atom is -0.251 e. The lowest BCUT2D eigenvalue weighted by atomic mass is 9.92. The first kappa shape index (κ1) is 28.1. The smallest absolute Gasteiger partial charge is 0.0884 e. The summed E-state index contributed by atoms with van der Waals surface area (Å²) >= 11 is 0. The zero-order valence-electron chi connectivity index (χ0n) is 25.9. The molecular formula is C38H47N3. The lowest BCUT2D eigenvalue weighted by Gasteiger charge is -2.18. The highest BCUT2D eigenvalue weighted by Crippen LogP contribution is 2.42. The van der Waals surface area contributed by atoms with Crippen LogP contribution in [-0.4, -0.2) is 16.4 Å². The van der Waals surface area contributed by atoms with Crippen molar-refractivity contribution in [1.82, 2.24) is 4.98 Å². The van der Waals surface area contributed by atoms with Gasteiger partial charge in [-0.1, -0.05) is 67.1 Å². The van der Waals surface area contributed by atoms with Crippen molar-refractivity contribution >= 4 is 22.8 Å². The molecule has 3 aromatic rings. The number of pyridine rings is 1. The van der Waals surface area contributed by atoms with E-state index in [2.05, 4.69) is 71.0 Å². The summed E-state index contributed by atoms with van der Waals surface area (Å²) in [5, 5.41) is 0. The Morgan fingerprint density at radius 3 is 1.88 bits per heavy atom. The van der Waals surface area contributed by atoms with Gasteiger partial charge in [0.25, 0.3) is 0 Å². The molecule has 1 heterocycles. The van der Waals surface area contributed by atoms with E-state index in [1.165, 1.54) is 108 Å². The molecule has 2 aromatic carbocycles. The van der Waals surface area contributed by atoms with Gasteiger partial charge in [-0.25, -0.2) is 4.98 Å². The molecule has 0 radical (unpaired) electrons. The number of aromatic nitrogens is 1. The molecule has 2 saturated carbocycles. The molecule has 0 amide bonds. The molecule has 0 N–H and O–H groups in total. The maximum atomic E-state index is 5.49. The lowest BCUT2D eigenvalue weighted by Crippen LogP contribution is -2.10. The third-order valence-electron chi connectivity index (χ3n) is 9.80. The second kappa shape index (κ2) is 12.0. The van der Waals surface area contributed by atoms with E-state index in [9.17, 15) is 0 Å². The Labute approximate surface area is 247 Å². The molecule has 3 nitrogen and oxygen atoms in total. The summed E-state index contributed by atoms with van der Waals surface area (Å²) < 4.78 is 0. The summed E-state index contributed by atoms with van der Waals surface area (Å²) in [6.45, 7) is 11.1. The van der Waals surface area contributed by atoms with Crippen LogP contribution in [0.3, 0.4) is 0 Å². The Bertz CT molecular complexity index is 1500. The van der Waals surface area contributed by atoms with Gasteiger partial charge in [0.05, 0.1) is 34.2 Å².